The Morgan fingerprint density at radius 3 is 2.56 bits per heavy atom. The third kappa shape index (κ3) is 1.64. The van der Waals surface area contributed by atoms with Crippen molar-refractivity contribution in [3.8, 4) is 0 Å². The molecule has 0 heterocycles. The minimum Gasteiger partial charge on any atom is -0.377 e. The first-order valence-electron chi connectivity index (χ1n) is 6.77. The normalized spacial score (nSPS) is 28.2. The Bertz CT molecular complexity index is 498. The maximum absolute atomic E-state index is 12.2. The molecular formula is C16H18O2. The third-order valence-electron chi connectivity index (χ3n) is 4.36. The second-order valence-electron chi connectivity index (χ2n) is 5.39. The van der Waals surface area contributed by atoms with Gasteiger partial charge in [-0.15, -0.1) is 0 Å². The predicted molar refractivity (Wildman–Crippen MR) is 71.0 cm³/mol. The third-order valence-corrected chi connectivity index (χ3v) is 4.36. The number of fused-ring (bicyclic) bond motifs is 1. The van der Waals surface area contributed by atoms with Crippen molar-refractivity contribution in [2.75, 3.05) is 0 Å². The maximum atomic E-state index is 12.2. The van der Waals surface area contributed by atoms with E-state index in [9.17, 15) is 9.90 Å². The standard InChI is InChI=1S/C16H18O2/c17-15-11-10-12-6-4-5-9-14(12)16(15,18)13-7-2-1-3-8-13/h4-6,9-11,13,18H,1-3,7-8H2. The molecule has 0 aromatic heterocycles. The van der Waals surface area contributed by atoms with Gasteiger partial charge in [-0.05, 0) is 36.0 Å². The largest absolute Gasteiger partial charge is 0.377 e. The number of carbonyl (C=O) groups excluding carboxylic acids is 1. The van der Waals surface area contributed by atoms with E-state index in [2.05, 4.69) is 0 Å². The molecule has 94 valence electrons. The summed E-state index contributed by atoms with van der Waals surface area (Å²) in [7, 11) is 0. The summed E-state index contributed by atoms with van der Waals surface area (Å²) in [5.41, 5.74) is 0.487. The molecule has 1 N–H and O–H groups in total. The molecule has 0 radical (unpaired) electrons. The lowest BCUT2D eigenvalue weighted by Gasteiger charge is -2.39. The highest BCUT2D eigenvalue weighted by molar-refractivity contribution is 6.04. The summed E-state index contributed by atoms with van der Waals surface area (Å²) in [6.07, 6.45) is 8.71. The Hall–Kier alpha value is -1.41. The summed E-state index contributed by atoms with van der Waals surface area (Å²) in [5, 5.41) is 11.0. The van der Waals surface area contributed by atoms with E-state index < -0.39 is 5.60 Å². The number of aliphatic hydroxyl groups is 1. The van der Waals surface area contributed by atoms with Gasteiger partial charge < -0.3 is 5.11 Å². The molecular weight excluding hydrogens is 224 g/mol. The second kappa shape index (κ2) is 4.36. The van der Waals surface area contributed by atoms with Crippen molar-refractivity contribution in [2.24, 2.45) is 5.92 Å². The average Bonchev–Trinajstić information content (AvgIpc) is 2.44. The van der Waals surface area contributed by atoms with E-state index in [1.807, 2.05) is 30.3 Å². The van der Waals surface area contributed by atoms with Crippen LogP contribution in [-0.4, -0.2) is 10.9 Å². The molecule has 1 aromatic carbocycles. The summed E-state index contributed by atoms with van der Waals surface area (Å²) in [6.45, 7) is 0. The van der Waals surface area contributed by atoms with Crippen molar-refractivity contribution in [3.63, 3.8) is 0 Å². The van der Waals surface area contributed by atoms with E-state index in [1.54, 1.807) is 0 Å². The lowest BCUT2D eigenvalue weighted by Crippen LogP contribution is -2.44. The number of carbonyl (C=O) groups is 1. The Morgan fingerprint density at radius 1 is 1.06 bits per heavy atom. The van der Waals surface area contributed by atoms with Gasteiger partial charge in [-0.3, -0.25) is 4.79 Å². The van der Waals surface area contributed by atoms with Crippen LogP contribution in [-0.2, 0) is 10.4 Å². The number of rotatable bonds is 1. The quantitative estimate of drug-likeness (QED) is 0.821. The molecule has 1 saturated carbocycles. The first-order valence-corrected chi connectivity index (χ1v) is 6.77. The van der Waals surface area contributed by atoms with Crippen LogP contribution in [0.5, 0.6) is 0 Å². The molecule has 1 aromatic rings. The summed E-state index contributed by atoms with van der Waals surface area (Å²) in [6, 6.07) is 7.71. The molecule has 0 saturated heterocycles. The number of hydrogen-bond donors (Lipinski definition) is 1. The summed E-state index contributed by atoms with van der Waals surface area (Å²) >= 11 is 0. The fourth-order valence-corrected chi connectivity index (χ4v) is 3.36. The lowest BCUT2D eigenvalue weighted by molar-refractivity contribution is -0.141. The number of benzene rings is 1. The van der Waals surface area contributed by atoms with E-state index in [4.69, 9.17) is 0 Å². The SMILES string of the molecule is O=C1C=Cc2ccccc2C1(O)C1CCCCC1. The molecule has 18 heavy (non-hydrogen) atoms. The average molecular weight is 242 g/mol. The van der Waals surface area contributed by atoms with Gasteiger partial charge in [0.2, 0.25) is 0 Å². The lowest BCUT2D eigenvalue weighted by atomic mass is 9.68. The smallest absolute Gasteiger partial charge is 0.192 e. The van der Waals surface area contributed by atoms with Crippen molar-refractivity contribution in [1.82, 2.24) is 0 Å². The van der Waals surface area contributed by atoms with E-state index in [1.165, 1.54) is 12.5 Å². The predicted octanol–water partition coefficient (Wildman–Crippen LogP) is 3.05. The Kier molecular flexibility index (Phi) is 2.83. The number of ketones is 1. The van der Waals surface area contributed by atoms with Gasteiger partial charge in [-0.25, -0.2) is 0 Å². The first-order chi connectivity index (χ1) is 8.73. The molecule has 0 spiro atoms. The molecule has 1 unspecified atom stereocenters. The molecule has 2 aliphatic carbocycles. The molecule has 0 bridgehead atoms. The first kappa shape index (κ1) is 11.7. The fourth-order valence-electron chi connectivity index (χ4n) is 3.36. The molecule has 2 nitrogen and oxygen atoms in total. The van der Waals surface area contributed by atoms with E-state index in [-0.39, 0.29) is 11.7 Å². The summed E-state index contributed by atoms with van der Waals surface area (Å²) in [5.74, 6) is -0.0713. The van der Waals surface area contributed by atoms with Gasteiger partial charge >= 0.3 is 0 Å². The highest BCUT2D eigenvalue weighted by Crippen LogP contribution is 2.43. The highest BCUT2D eigenvalue weighted by atomic mass is 16.3. The number of hydrogen-bond acceptors (Lipinski definition) is 2. The van der Waals surface area contributed by atoms with Gasteiger partial charge in [-0.1, -0.05) is 49.6 Å². The molecule has 2 heteroatoms. The van der Waals surface area contributed by atoms with E-state index >= 15 is 0 Å². The van der Waals surface area contributed by atoms with Crippen LogP contribution in [0.3, 0.4) is 0 Å². The van der Waals surface area contributed by atoms with Crippen LogP contribution in [0.15, 0.2) is 30.3 Å². The van der Waals surface area contributed by atoms with Crippen LogP contribution in [0.1, 0.15) is 43.2 Å². The van der Waals surface area contributed by atoms with Gasteiger partial charge in [0.05, 0.1) is 0 Å². The second-order valence-corrected chi connectivity index (χ2v) is 5.39. The zero-order valence-corrected chi connectivity index (χ0v) is 10.4. The summed E-state index contributed by atoms with van der Waals surface area (Å²) < 4.78 is 0. The van der Waals surface area contributed by atoms with Gasteiger partial charge in [0.1, 0.15) is 0 Å². The zero-order valence-electron chi connectivity index (χ0n) is 10.4. The van der Waals surface area contributed by atoms with Crippen LogP contribution in [0, 0.1) is 5.92 Å². The fraction of sp³-hybridized carbons (Fsp3) is 0.438. The minimum absolute atomic E-state index is 0.0739. The molecule has 3 rings (SSSR count). The van der Waals surface area contributed by atoms with Crippen molar-refractivity contribution in [3.05, 3.63) is 41.5 Å². The zero-order chi connectivity index (χ0) is 12.6. The molecule has 2 aliphatic rings. The Morgan fingerprint density at radius 2 is 1.78 bits per heavy atom. The van der Waals surface area contributed by atoms with E-state index in [0.717, 1.165) is 36.8 Å². The van der Waals surface area contributed by atoms with Gasteiger partial charge in [0.25, 0.3) is 0 Å². The topological polar surface area (TPSA) is 37.3 Å². The highest BCUT2D eigenvalue weighted by Gasteiger charge is 2.46. The van der Waals surface area contributed by atoms with Crippen molar-refractivity contribution < 1.29 is 9.90 Å². The minimum atomic E-state index is -1.29. The summed E-state index contributed by atoms with van der Waals surface area (Å²) in [4.78, 5) is 12.2. The van der Waals surface area contributed by atoms with Crippen molar-refractivity contribution in [2.45, 2.75) is 37.7 Å². The van der Waals surface area contributed by atoms with Crippen molar-refractivity contribution in [1.29, 1.82) is 0 Å². The Balaban J connectivity index is 2.08. The van der Waals surface area contributed by atoms with Gasteiger partial charge in [0, 0.05) is 0 Å². The van der Waals surface area contributed by atoms with Crippen LogP contribution in [0.4, 0.5) is 0 Å². The van der Waals surface area contributed by atoms with Crippen LogP contribution in [0.2, 0.25) is 0 Å². The molecule has 1 atom stereocenters. The van der Waals surface area contributed by atoms with Gasteiger partial charge in [-0.2, -0.15) is 0 Å². The van der Waals surface area contributed by atoms with Crippen LogP contribution >= 0.6 is 0 Å². The van der Waals surface area contributed by atoms with Gasteiger partial charge in [0.15, 0.2) is 11.4 Å². The van der Waals surface area contributed by atoms with Crippen LogP contribution < -0.4 is 0 Å². The van der Waals surface area contributed by atoms with E-state index in [0.29, 0.717) is 0 Å². The monoisotopic (exact) mass is 242 g/mol. The molecule has 1 fully saturated rings. The molecule has 0 aliphatic heterocycles. The van der Waals surface area contributed by atoms with Crippen LogP contribution in [0.25, 0.3) is 6.08 Å². The van der Waals surface area contributed by atoms with Crippen molar-refractivity contribution >= 4 is 11.9 Å². The Labute approximate surface area is 107 Å². The maximum Gasteiger partial charge on any atom is 0.192 e. The molecule has 0 amide bonds.